The molecule has 0 aromatic heterocycles. The Morgan fingerprint density at radius 2 is 2.17 bits per heavy atom. The summed E-state index contributed by atoms with van der Waals surface area (Å²) in [5.41, 5.74) is 0.793. The lowest BCUT2D eigenvalue weighted by Crippen LogP contribution is -2.44. The Morgan fingerprint density at radius 3 is 2.83 bits per heavy atom. The number of carbonyl (C=O) groups is 1. The lowest BCUT2D eigenvalue weighted by molar-refractivity contribution is 0.202. The van der Waals surface area contributed by atoms with Crippen molar-refractivity contribution in [2.75, 3.05) is 24.6 Å². The fourth-order valence-corrected chi connectivity index (χ4v) is 2.81. The van der Waals surface area contributed by atoms with Crippen LogP contribution in [0.15, 0.2) is 18.2 Å². The molecule has 18 heavy (non-hydrogen) atoms. The average Bonchev–Trinajstić information content (AvgIpc) is 2.41. The first-order valence-corrected chi connectivity index (χ1v) is 7.24. The number of hydrogen-bond acceptors (Lipinski definition) is 2. The van der Waals surface area contributed by atoms with Crippen molar-refractivity contribution < 1.29 is 9.18 Å². The van der Waals surface area contributed by atoms with Gasteiger partial charge in [0.15, 0.2) is 0 Å². The van der Waals surface area contributed by atoms with Crippen molar-refractivity contribution in [1.29, 1.82) is 0 Å². The van der Waals surface area contributed by atoms with Crippen LogP contribution in [0.1, 0.15) is 5.56 Å². The molecule has 1 fully saturated rings. The van der Waals surface area contributed by atoms with E-state index in [0.29, 0.717) is 6.54 Å². The first-order chi connectivity index (χ1) is 8.66. The van der Waals surface area contributed by atoms with E-state index in [0.717, 1.165) is 30.2 Å². The number of benzene rings is 1. The molecule has 6 heteroatoms. The van der Waals surface area contributed by atoms with Crippen LogP contribution in [0, 0.1) is 5.82 Å². The van der Waals surface area contributed by atoms with Crippen LogP contribution in [0.2, 0.25) is 5.02 Å². The fraction of sp³-hybridized carbons (Fsp3) is 0.417. The van der Waals surface area contributed by atoms with Gasteiger partial charge in [0.1, 0.15) is 5.82 Å². The highest BCUT2D eigenvalue weighted by atomic mass is 35.5. The smallest absolute Gasteiger partial charge is 0.317 e. The number of rotatable bonds is 2. The van der Waals surface area contributed by atoms with E-state index in [1.807, 2.05) is 11.8 Å². The zero-order valence-corrected chi connectivity index (χ0v) is 11.4. The Hall–Kier alpha value is -0.940. The Kier molecular flexibility index (Phi) is 4.72. The van der Waals surface area contributed by atoms with Crippen molar-refractivity contribution in [2.24, 2.45) is 0 Å². The molecular weight excluding hydrogens is 275 g/mol. The number of nitrogens with zero attached hydrogens (tertiary/aromatic N) is 1. The number of halogens is 2. The number of urea groups is 1. The van der Waals surface area contributed by atoms with Gasteiger partial charge in [-0.2, -0.15) is 11.8 Å². The summed E-state index contributed by atoms with van der Waals surface area (Å²) in [6.07, 6.45) is 0. The summed E-state index contributed by atoms with van der Waals surface area (Å²) in [6.45, 7) is 1.92. The minimum Gasteiger partial charge on any atom is -0.334 e. The Balaban J connectivity index is 1.86. The Bertz CT molecular complexity index is 438. The summed E-state index contributed by atoms with van der Waals surface area (Å²) in [6, 6.07) is 4.38. The van der Waals surface area contributed by atoms with Crippen molar-refractivity contribution in [3.63, 3.8) is 0 Å². The minimum absolute atomic E-state index is 0.0734. The van der Waals surface area contributed by atoms with E-state index in [1.54, 1.807) is 11.0 Å². The zero-order chi connectivity index (χ0) is 13.0. The van der Waals surface area contributed by atoms with Crippen LogP contribution in [0.25, 0.3) is 0 Å². The fourth-order valence-electron chi connectivity index (χ4n) is 1.71. The van der Waals surface area contributed by atoms with Gasteiger partial charge in [0.05, 0.1) is 5.02 Å². The van der Waals surface area contributed by atoms with Crippen LogP contribution in [0.5, 0.6) is 0 Å². The molecule has 0 bridgehead atoms. The maximum absolute atomic E-state index is 13.0. The highest BCUT2D eigenvalue weighted by Gasteiger charge is 2.16. The maximum Gasteiger partial charge on any atom is 0.317 e. The maximum atomic E-state index is 13.0. The first kappa shape index (κ1) is 13.5. The summed E-state index contributed by atoms with van der Waals surface area (Å²) in [7, 11) is 0. The lowest BCUT2D eigenvalue weighted by atomic mass is 10.2. The summed E-state index contributed by atoms with van der Waals surface area (Å²) < 4.78 is 13.0. The number of thioether (sulfide) groups is 1. The molecule has 0 atom stereocenters. The SMILES string of the molecule is O=C(NCc1ccc(F)c(Cl)c1)N1CCSCC1. The normalized spacial score (nSPS) is 15.6. The lowest BCUT2D eigenvalue weighted by Gasteiger charge is -2.26. The quantitative estimate of drug-likeness (QED) is 0.907. The first-order valence-electron chi connectivity index (χ1n) is 5.71. The standard InChI is InChI=1S/C12H14ClFN2OS/c13-10-7-9(1-2-11(10)14)8-15-12(17)16-3-5-18-6-4-16/h1-2,7H,3-6,8H2,(H,15,17). The molecule has 3 nitrogen and oxygen atoms in total. The van der Waals surface area contributed by atoms with Gasteiger partial charge in [0, 0.05) is 31.1 Å². The third-order valence-corrected chi connectivity index (χ3v) is 3.96. The molecular formula is C12H14ClFN2OS. The molecule has 98 valence electrons. The van der Waals surface area contributed by atoms with Crippen LogP contribution in [0.3, 0.4) is 0 Å². The van der Waals surface area contributed by atoms with E-state index in [4.69, 9.17) is 11.6 Å². The summed E-state index contributed by atoms with van der Waals surface area (Å²) in [5.74, 6) is 1.52. The largest absolute Gasteiger partial charge is 0.334 e. The Labute approximate surface area is 115 Å². The van der Waals surface area contributed by atoms with Gasteiger partial charge in [-0.25, -0.2) is 9.18 Å². The van der Waals surface area contributed by atoms with Gasteiger partial charge in [-0.3, -0.25) is 0 Å². The number of hydrogen-bond donors (Lipinski definition) is 1. The van der Waals surface area contributed by atoms with Crippen molar-refractivity contribution in [1.82, 2.24) is 10.2 Å². The van der Waals surface area contributed by atoms with E-state index in [-0.39, 0.29) is 11.1 Å². The van der Waals surface area contributed by atoms with Gasteiger partial charge >= 0.3 is 6.03 Å². The van der Waals surface area contributed by atoms with Gasteiger partial charge in [0.25, 0.3) is 0 Å². The minimum atomic E-state index is -0.445. The van der Waals surface area contributed by atoms with Gasteiger partial charge in [-0.05, 0) is 17.7 Å². The van der Waals surface area contributed by atoms with Crippen molar-refractivity contribution in [3.8, 4) is 0 Å². The monoisotopic (exact) mass is 288 g/mol. The molecule has 2 amide bonds. The average molecular weight is 289 g/mol. The Morgan fingerprint density at radius 1 is 1.44 bits per heavy atom. The number of nitrogens with one attached hydrogen (secondary N) is 1. The van der Waals surface area contributed by atoms with Crippen molar-refractivity contribution in [3.05, 3.63) is 34.6 Å². The molecule has 0 radical (unpaired) electrons. The molecule has 0 aliphatic carbocycles. The molecule has 1 saturated heterocycles. The van der Waals surface area contributed by atoms with Crippen LogP contribution < -0.4 is 5.32 Å². The molecule has 0 spiro atoms. The van der Waals surface area contributed by atoms with Crippen LogP contribution in [-0.2, 0) is 6.54 Å². The van der Waals surface area contributed by atoms with Crippen molar-refractivity contribution in [2.45, 2.75) is 6.54 Å². The second-order valence-electron chi connectivity index (χ2n) is 4.01. The van der Waals surface area contributed by atoms with E-state index < -0.39 is 5.82 Å². The van der Waals surface area contributed by atoms with Crippen molar-refractivity contribution >= 4 is 29.4 Å². The van der Waals surface area contributed by atoms with E-state index in [1.165, 1.54) is 12.1 Å². The van der Waals surface area contributed by atoms with Gasteiger partial charge < -0.3 is 10.2 Å². The second-order valence-corrected chi connectivity index (χ2v) is 5.64. The number of carbonyl (C=O) groups excluding carboxylic acids is 1. The van der Waals surface area contributed by atoms with Gasteiger partial charge in [-0.1, -0.05) is 17.7 Å². The highest BCUT2D eigenvalue weighted by Crippen LogP contribution is 2.16. The third kappa shape index (κ3) is 3.53. The van der Waals surface area contributed by atoms with Crippen LogP contribution in [0.4, 0.5) is 9.18 Å². The van der Waals surface area contributed by atoms with Crippen LogP contribution >= 0.6 is 23.4 Å². The van der Waals surface area contributed by atoms with E-state index in [9.17, 15) is 9.18 Å². The molecule has 1 heterocycles. The zero-order valence-electron chi connectivity index (χ0n) is 9.79. The molecule has 1 aliphatic heterocycles. The van der Waals surface area contributed by atoms with Gasteiger partial charge in [0.2, 0.25) is 0 Å². The number of amides is 2. The van der Waals surface area contributed by atoms with Crippen LogP contribution in [-0.4, -0.2) is 35.5 Å². The topological polar surface area (TPSA) is 32.3 Å². The summed E-state index contributed by atoms with van der Waals surface area (Å²) in [4.78, 5) is 13.6. The van der Waals surface area contributed by atoms with Gasteiger partial charge in [-0.15, -0.1) is 0 Å². The summed E-state index contributed by atoms with van der Waals surface area (Å²) in [5, 5.41) is 2.89. The van der Waals surface area contributed by atoms with E-state index >= 15 is 0 Å². The molecule has 0 unspecified atom stereocenters. The van der Waals surface area contributed by atoms with E-state index in [2.05, 4.69) is 5.32 Å². The molecule has 1 aliphatic rings. The molecule has 1 N–H and O–H groups in total. The highest BCUT2D eigenvalue weighted by molar-refractivity contribution is 7.99. The predicted octanol–water partition coefficient (Wildman–Crippen LogP) is 2.74. The molecule has 2 rings (SSSR count). The second kappa shape index (κ2) is 6.29. The molecule has 0 saturated carbocycles. The molecule has 1 aromatic rings. The predicted molar refractivity (Wildman–Crippen MR) is 72.5 cm³/mol. The summed E-state index contributed by atoms with van der Waals surface area (Å²) >= 11 is 7.53. The molecule has 1 aromatic carbocycles. The third-order valence-electron chi connectivity index (χ3n) is 2.73.